The van der Waals surface area contributed by atoms with Crippen molar-refractivity contribution in [2.45, 2.75) is 134 Å². The van der Waals surface area contributed by atoms with Crippen molar-refractivity contribution in [3.8, 4) is 52.8 Å². The number of carbonyl (C=O) groups excluding carboxylic acids is 2. The standard InChI is InChI=1S/C23H23BrO3.C22H21BrO3.C13H14O3.C10H11BrO.Li.H2O/c1-3-6-17(15-23(25)26-2)16-11-13-18(14-12-16)27-22-10-5-7-19-20(22)8-4-9-21(19)24;1-2-5-16(14-22(24)25)15-10-12-17(13-11-15)26-21-9-4-6-18-19(21)7-3-8-20(18)23;1-3-4-11(9-13(15)16-2)10-5-7-12(14)8-6-10;11-9-5-1-4-8-7(9)3-2-6-10(8)12;;/h4,8-9,11-14,17,22H,5,7,10,15H2,1-2H3;3,7-8,10-13,16,21H,4,6,9,14H2,1H3,(H,24,25);5-8,11,14H,9H2,1-2H3;1,4-5,10,12H,2-3,6H2;;1H2/q;;;;+1;/p-1/t17-,22?;16-,21?;11-;;;/m000.../s1. The summed E-state index contributed by atoms with van der Waals surface area (Å²) >= 11 is 10.8. The van der Waals surface area contributed by atoms with E-state index in [1.165, 1.54) is 42.0 Å². The van der Waals surface area contributed by atoms with Crippen LogP contribution in [-0.4, -0.2) is 52.9 Å². The zero-order chi connectivity index (χ0) is 58.3. The van der Waals surface area contributed by atoms with Crippen molar-refractivity contribution >= 4 is 65.7 Å². The zero-order valence-electron chi connectivity index (χ0n) is 47.9. The number of aromatic hydroxyl groups is 1. The number of aliphatic hydroxyl groups is 1. The molecule has 0 radical (unpaired) electrons. The van der Waals surface area contributed by atoms with Crippen molar-refractivity contribution in [1.29, 1.82) is 0 Å². The Kier molecular flexibility index (Phi) is 29.9. The Morgan fingerprint density at radius 3 is 1.20 bits per heavy atom. The molecule has 6 aromatic carbocycles. The molecule has 6 atom stereocenters. The fraction of sp³-hybridized carbons (Fsp3) is 0.338. The van der Waals surface area contributed by atoms with E-state index in [-0.39, 0.29) is 97.4 Å². The van der Waals surface area contributed by atoms with Crippen LogP contribution in [0.4, 0.5) is 0 Å². The molecule has 430 valence electrons. The number of ether oxygens (including phenoxy) is 4. The van der Waals surface area contributed by atoms with Crippen molar-refractivity contribution in [1.82, 2.24) is 0 Å². The van der Waals surface area contributed by atoms with Gasteiger partial charge in [-0.3, -0.25) is 14.4 Å². The molecule has 9 rings (SSSR count). The first-order valence-corrected chi connectivity index (χ1v) is 29.5. The Labute approximate surface area is 526 Å². The normalized spacial score (nSPS) is 15.9. The van der Waals surface area contributed by atoms with E-state index >= 15 is 0 Å². The number of fused-ring (bicyclic) bond motifs is 3. The molecule has 0 aliphatic heterocycles. The van der Waals surface area contributed by atoms with Crippen LogP contribution >= 0.6 is 47.8 Å². The fourth-order valence-electron chi connectivity index (χ4n) is 10.1. The van der Waals surface area contributed by atoms with Crippen LogP contribution in [0.2, 0.25) is 0 Å². The van der Waals surface area contributed by atoms with Crippen LogP contribution in [0, 0.1) is 35.5 Å². The summed E-state index contributed by atoms with van der Waals surface area (Å²) in [6.07, 6.45) is 9.82. The van der Waals surface area contributed by atoms with Gasteiger partial charge >= 0.3 is 36.8 Å². The number of methoxy groups -OCH3 is 2. The number of benzene rings is 6. The number of carboxylic acid groups (broad SMARTS) is 1. The number of aliphatic hydroxyl groups excluding tert-OH is 1. The number of hydrogen-bond acceptors (Lipinski definition) is 10. The third-order valence-electron chi connectivity index (χ3n) is 14.2. The van der Waals surface area contributed by atoms with Crippen molar-refractivity contribution in [2.75, 3.05) is 14.2 Å². The van der Waals surface area contributed by atoms with Gasteiger partial charge in [0.25, 0.3) is 0 Å². The molecule has 0 aromatic heterocycles. The molecular formula is C68H70Br3LiO11. The Morgan fingerprint density at radius 2 is 0.855 bits per heavy atom. The van der Waals surface area contributed by atoms with Gasteiger partial charge in [0.1, 0.15) is 29.5 Å². The molecule has 0 bridgehead atoms. The number of esters is 2. The van der Waals surface area contributed by atoms with Crippen LogP contribution in [-0.2, 0) is 43.1 Å². The summed E-state index contributed by atoms with van der Waals surface area (Å²) in [5.74, 6) is 17.3. The minimum Gasteiger partial charge on any atom is -0.870 e. The smallest absolute Gasteiger partial charge is 0.870 e. The van der Waals surface area contributed by atoms with Crippen LogP contribution in [0.5, 0.6) is 17.2 Å². The number of halogens is 3. The van der Waals surface area contributed by atoms with Gasteiger partial charge in [0.15, 0.2) is 0 Å². The summed E-state index contributed by atoms with van der Waals surface area (Å²) in [4.78, 5) is 33.9. The van der Waals surface area contributed by atoms with E-state index in [0.717, 1.165) is 105 Å². The molecule has 3 unspecified atom stereocenters. The van der Waals surface area contributed by atoms with Crippen LogP contribution in [0.1, 0.15) is 165 Å². The molecule has 3 aliphatic carbocycles. The van der Waals surface area contributed by atoms with Gasteiger partial charge in [-0.25, -0.2) is 0 Å². The number of hydrogen-bond donors (Lipinski definition) is 3. The minimum atomic E-state index is -0.845. The van der Waals surface area contributed by atoms with Crippen molar-refractivity contribution in [2.24, 2.45) is 0 Å². The second-order valence-electron chi connectivity index (χ2n) is 19.6. The molecular weight excluding hydrogens is 1240 g/mol. The predicted molar refractivity (Wildman–Crippen MR) is 330 cm³/mol. The molecule has 0 saturated heterocycles. The van der Waals surface area contributed by atoms with Gasteiger partial charge in [-0.15, -0.1) is 17.8 Å². The van der Waals surface area contributed by atoms with Crippen LogP contribution in [0.15, 0.2) is 141 Å². The molecule has 0 amide bonds. The zero-order valence-corrected chi connectivity index (χ0v) is 52.6. The maximum absolute atomic E-state index is 11.6. The molecule has 83 heavy (non-hydrogen) atoms. The summed E-state index contributed by atoms with van der Waals surface area (Å²) in [5.41, 5.74) is 10.4. The average molecular weight is 1310 g/mol. The summed E-state index contributed by atoms with van der Waals surface area (Å²) in [7, 11) is 2.76. The van der Waals surface area contributed by atoms with E-state index in [0.29, 0.717) is 0 Å². The number of aliphatic carboxylic acids is 1. The topological polar surface area (TPSA) is 179 Å². The summed E-state index contributed by atoms with van der Waals surface area (Å²) in [6.45, 7) is 5.23. The largest absolute Gasteiger partial charge is 1.00 e. The maximum Gasteiger partial charge on any atom is 1.00 e. The van der Waals surface area contributed by atoms with Crippen LogP contribution in [0.25, 0.3) is 0 Å². The number of rotatable bonds is 13. The Hall–Kier alpha value is -6.23. The molecule has 0 spiro atoms. The molecule has 0 fully saturated rings. The van der Waals surface area contributed by atoms with Gasteiger partial charge in [0.05, 0.1) is 57.3 Å². The first-order valence-electron chi connectivity index (χ1n) is 27.1. The van der Waals surface area contributed by atoms with E-state index in [1.54, 1.807) is 45.0 Å². The third kappa shape index (κ3) is 20.8. The van der Waals surface area contributed by atoms with E-state index in [9.17, 15) is 19.5 Å². The van der Waals surface area contributed by atoms with Crippen molar-refractivity contribution in [3.05, 3.63) is 191 Å². The van der Waals surface area contributed by atoms with Gasteiger partial charge in [0, 0.05) is 13.4 Å². The molecule has 11 nitrogen and oxygen atoms in total. The first kappa shape index (κ1) is 69.3. The minimum absolute atomic E-state index is 0. The van der Waals surface area contributed by atoms with E-state index in [1.807, 2.05) is 72.8 Å². The van der Waals surface area contributed by atoms with Gasteiger partial charge < -0.3 is 39.7 Å². The molecule has 0 heterocycles. The molecule has 3 aliphatic rings. The van der Waals surface area contributed by atoms with Gasteiger partial charge in [-0.05, 0) is 183 Å². The van der Waals surface area contributed by atoms with Gasteiger partial charge in [-0.2, -0.15) is 0 Å². The number of phenols is 1. The third-order valence-corrected chi connectivity index (χ3v) is 16.4. The van der Waals surface area contributed by atoms with Crippen molar-refractivity contribution < 1.29 is 73.0 Å². The molecule has 0 saturated carbocycles. The Balaban J connectivity index is 0.000000246. The molecule has 6 aromatic rings. The quantitative estimate of drug-likeness (QED) is 0.0569. The average Bonchev–Trinajstić information content (AvgIpc) is 3.68. The summed E-state index contributed by atoms with van der Waals surface area (Å²) in [6, 6.07) is 40.8. The summed E-state index contributed by atoms with van der Waals surface area (Å²) < 4.78 is 25.4. The van der Waals surface area contributed by atoms with Crippen LogP contribution in [0.3, 0.4) is 0 Å². The van der Waals surface area contributed by atoms with E-state index < -0.39 is 5.97 Å². The molecule has 4 N–H and O–H groups in total. The number of phenolic OH excluding ortho intramolecular Hbond substituents is 1. The Bertz CT molecular complexity index is 3260. The maximum atomic E-state index is 11.6. The predicted octanol–water partition coefficient (Wildman–Crippen LogP) is 12.8. The fourth-order valence-corrected chi connectivity index (χ4v) is 11.8. The van der Waals surface area contributed by atoms with Gasteiger partial charge in [-0.1, -0.05) is 138 Å². The van der Waals surface area contributed by atoms with E-state index in [2.05, 4.69) is 118 Å². The Morgan fingerprint density at radius 1 is 0.518 bits per heavy atom. The second-order valence-corrected chi connectivity index (χ2v) is 22.1. The number of carboxylic acids is 1. The molecule has 15 heteroatoms. The van der Waals surface area contributed by atoms with Gasteiger partial charge in [0.2, 0.25) is 0 Å². The first-order chi connectivity index (χ1) is 39.2. The SMILES string of the molecule is CC#C[C@@H](CC(=O)O)c1ccc(OC2CCCc3c(Br)cccc32)cc1.CC#C[C@@H](CC(=O)OC)c1ccc(O)cc1.CC#C[C@@H](CC(=O)OC)c1ccc(OC2CCCc3c(Br)cccc32)cc1.OC1CCCc2c(Br)cccc21.[Li+].[OH-]. The summed E-state index contributed by atoms with van der Waals surface area (Å²) in [5, 5.41) is 27.9. The second kappa shape index (κ2) is 35.8. The number of carbonyl (C=O) groups is 3. The van der Waals surface area contributed by atoms with E-state index in [4.69, 9.17) is 24.4 Å². The monoisotopic (exact) mass is 1310 g/mol. The van der Waals surface area contributed by atoms with Crippen LogP contribution < -0.4 is 28.3 Å². The van der Waals surface area contributed by atoms with Crippen molar-refractivity contribution in [3.63, 3.8) is 0 Å².